The van der Waals surface area contributed by atoms with Crippen LogP contribution in [0.3, 0.4) is 0 Å². The first-order chi connectivity index (χ1) is 7.63. The van der Waals surface area contributed by atoms with E-state index in [2.05, 4.69) is 32.5 Å². The Morgan fingerprint density at radius 3 is 2.88 bits per heavy atom. The number of nitrogens with one attached hydrogen (secondary N) is 2. The van der Waals surface area contributed by atoms with Crippen molar-refractivity contribution < 1.29 is 4.79 Å². The van der Waals surface area contributed by atoms with Crippen molar-refractivity contribution in [2.75, 3.05) is 11.9 Å². The van der Waals surface area contributed by atoms with E-state index in [0.29, 0.717) is 0 Å². The monoisotopic (exact) mass is 280 g/mol. The topological polar surface area (TPSA) is 41.1 Å². The van der Waals surface area contributed by atoms with E-state index < -0.39 is 0 Å². The molecule has 0 aliphatic rings. The van der Waals surface area contributed by atoms with E-state index >= 15 is 0 Å². The minimum absolute atomic E-state index is 0.107. The van der Waals surface area contributed by atoms with Gasteiger partial charge in [-0.2, -0.15) is 0 Å². The fraction of sp³-hybridized carbons (Fsp3) is 0.250. The third-order valence-electron chi connectivity index (χ3n) is 1.97. The summed E-state index contributed by atoms with van der Waals surface area (Å²) in [5.74, 6) is 2.38. The molecule has 1 atom stereocenters. The fourth-order valence-electron chi connectivity index (χ4n) is 1.06. The number of carbonyl (C=O) groups excluding carboxylic acids is 1. The van der Waals surface area contributed by atoms with E-state index in [1.54, 1.807) is 0 Å². The van der Waals surface area contributed by atoms with Crippen LogP contribution < -0.4 is 10.6 Å². The van der Waals surface area contributed by atoms with Crippen LogP contribution in [0, 0.1) is 12.3 Å². The molecule has 1 unspecified atom stereocenters. The Morgan fingerprint density at radius 1 is 1.56 bits per heavy atom. The third-order valence-corrected chi connectivity index (χ3v) is 2.66. The Kier molecular flexibility index (Phi) is 5.03. The van der Waals surface area contributed by atoms with Crippen LogP contribution in [0.25, 0.3) is 0 Å². The van der Waals surface area contributed by atoms with Gasteiger partial charge in [0.2, 0.25) is 5.91 Å². The molecular weight excluding hydrogens is 268 g/mol. The van der Waals surface area contributed by atoms with Crippen molar-refractivity contribution in [3.05, 3.63) is 28.7 Å². The van der Waals surface area contributed by atoms with E-state index in [9.17, 15) is 4.79 Å². The van der Waals surface area contributed by atoms with Crippen LogP contribution in [-0.2, 0) is 4.79 Å². The highest BCUT2D eigenvalue weighted by Gasteiger charge is 2.05. The predicted octanol–water partition coefficient (Wildman–Crippen LogP) is 2.00. The lowest BCUT2D eigenvalue weighted by molar-refractivity contribution is -0.115. The minimum atomic E-state index is -0.117. The number of rotatable bonds is 4. The molecule has 0 spiro atoms. The second-order valence-corrected chi connectivity index (χ2v) is 4.15. The number of halogens is 1. The maximum Gasteiger partial charge on any atom is 0.238 e. The van der Waals surface area contributed by atoms with Gasteiger partial charge in [-0.3, -0.25) is 10.1 Å². The molecular formula is C12H13BrN2O. The summed E-state index contributed by atoms with van der Waals surface area (Å²) >= 11 is 3.35. The molecule has 4 heteroatoms. The molecule has 1 aromatic carbocycles. The highest BCUT2D eigenvalue weighted by Crippen LogP contribution is 2.20. The maximum absolute atomic E-state index is 11.5. The van der Waals surface area contributed by atoms with Gasteiger partial charge in [-0.15, -0.1) is 6.42 Å². The van der Waals surface area contributed by atoms with E-state index in [-0.39, 0.29) is 18.5 Å². The zero-order chi connectivity index (χ0) is 12.0. The lowest BCUT2D eigenvalue weighted by Crippen LogP contribution is -2.33. The Bertz CT molecular complexity index is 412. The average Bonchev–Trinajstić information content (AvgIpc) is 2.29. The van der Waals surface area contributed by atoms with Crippen LogP contribution in [0.15, 0.2) is 28.7 Å². The summed E-state index contributed by atoms with van der Waals surface area (Å²) in [6.45, 7) is 2.03. The predicted molar refractivity (Wildman–Crippen MR) is 69.1 cm³/mol. The fourth-order valence-corrected chi connectivity index (χ4v) is 1.45. The van der Waals surface area contributed by atoms with Crippen molar-refractivity contribution in [1.82, 2.24) is 5.32 Å². The molecule has 0 saturated carbocycles. The highest BCUT2D eigenvalue weighted by atomic mass is 79.9. The maximum atomic E-state index is 11.5. The van der Waals surface area contributed by atoms with Gasteiger partial charge in [0, 0.05) is 4.47 Å². The summed E-state index contributed by atoms with van der Waals surface area (Å²) in [5.41, 5.74) is 0.752. The zero-order valence-electron chi connectivity index (χ0n) is 8.96. The molecule has 3 nitrogen and oxygen atoms in total. The molecule has 16 heavy (non-hydrogen) atoms. The Hall–Kier alpha value is -1.31. The van der Waals surface area contributed by atoms with Gasteiger partial charge in [-0.25, -0.2) is 0 Å². The largest absolute Gasteiger partial charge is 0.324 e. The molecule has 0 aliphatic carbocycles. The van der Waals surface area contributed by atoms with Gasteiger partial charge >= 0.3 is 0 Å². The van der Waals surface area contributed by atoms with Crippen molar-refractivity contribution in [2.45, 2.75) is 13.0 Å². The summed E-state index contributed by atoms with van der Waals surface area (Å²) in [6, 6.07) is 7.33. The molecule has 84 valence electrons. The first-order valence-electron chi connectivity index (χ1n) is 4.87. The van der Waals surface area contributed by atoms with E-state index in [1.807, 2.05) is 31.2 Å². The van der Waals surface area contributed by atoms with Gasteiger partial charge < -0.3 is 5.32 Å². The van der Waals surface area contributed by atoms with Crippen LogP contribution in [0.4, 0.5) is 5.69 Å². The van der Waals surface area contributed by atoms with Crippen LogP contribution in [0.2, 0.25) is 0 Å². The number of amides is 1. The number of hydrogen-bond donors (Lipinski definition) is 2. The van der Waals surface area contributed by atoms with Crippen LogP contribution in [0.5, 0.6) is 0 Å². The highest BCUT2D eigenvalue weighted by molar-refractivity contribution is 9.10. The van der Waals surface area contributed by atoms with Crippen molar-refractivity contribution in [1.29, 1.82) is 0 Å². The molecule has 0 heterocycles. The Morgan fingerprint density at radius 2 is 2.25 bits per heavy atom. The second-order valence-electron chi connectivity index (χ2n) is 3.30. The molecule has 0 aromatic heterocycles. The van der Waals surface area contributed by atoms with Crippen molar-refractivity contribution in [3.63, 3.8) is 0 Å². The van der Waals surface area contributed by atoms with Crippen molar-refractivity contribution in [2.24, 2.45) is 0 Å². The molecule has 1 amide bonds. The lowest BCUT2D eigenvalue weighted by Gasteiger charge is -2.09. The molecule has 0 aliphatic heterocycles. The second kappa shape index (κ2) is 6.31. The average molecular weight is 281 g/mol. The number of hydrogen-bond acceptors (Lipinski definition) is 2. The van der Waals surface area contributed by atoms with Crippen LogP contribution in [-0.4, -0.2) is 18.5 Å². The van der Waals surface area contributed by atoms with Gasteiger partial charge in [-0.05, 0) is 35.0 Å². The summed E-state index contributed by atoms with van der Waals surface area (Å²) in [6.07, 6.45) is 5.18. The summed E-state index contributed by atoms with van der Waals surface area (Å²) < 4.78 is 0.855. The summed E-state index contributed by atoms with van der Waals surface area (Å²) in [7, 11) is 0. The third kappa shape index (κ3) is 4.05. The van der Waals surface area contributed by atoms with Gasteiger partial charge in [0.05, 0.1) is 18.3 Å². The quantitative estimate of drug-likeness (QED) is 0.829. The SMILES string of the molecule is C#CC(C)NCC(=O)Nc1ccccc1Br. The zero-order valence-corrected chi connectivity index (χ0v) is 10.5. The van der Waals surface area contributed by atoms with Crippen LogP contribution >= 0.6 is 15.9 Å². The van der Waals surface area contributed by atoms with Gasteiger partial charge in [-0.1, -0.05) is 18.1 Å². The molecule has 0 fully saturated rings. The molecule has 0 bridgehead atoms. The van der Waals surface area contributed by atoms with E-state index in [4.69, 9.17) is 6.42 Å². The number of para-hydroxylation sites is 1. The Labute approximate surface area is 104 Å². The Balaban J connectivity index is 2.47. The number of benzene rings is 1. The van der Waals surface area contributed by atoms with Gasteiger partial charge in [0.15, 0.2) is 0 Å². The first-order valence-corrected chi connectivity index (χ1v) is 5.66. The van der Waals surface area contributed by atoms with E-state index in [0.717, 1.165) is 10.2 Å². The molecule has 1 rings (SSSR count). The van der Waals surface area contributed by atoms with Gasteiger partial charge in [0.1, 0.15) is 0 Å². The molecule has 1 aromatic rings. The summed E-state index contributed by atoms with van der Waals surface area (Å²) in [5, 5.41) is 5.68. The smallest absolute Gasteiger partial charge is 0.238 e. The van der Waals surface area contributed by atoms with Crippen LogP contribution in [0.1, 0.15) is 6.92 Å². The molecule has 2 N–H and O–H groups in total. The standard InChI is InChI=1S/C12H13BrN2O/c1-3-9(2)14-8-12(16)15-11-7-5-4-6-10(11)13/h1,4-7,9,14H,8H2,2H3,(H,15,16). The minimum Gasteiger partial charge on any atom is -0.324 e. The first kappa shape index (κ1) is 12.8. The summed E-state index contributed by atoms with van der Waals surface area (Å²) in [4.78, 5) is 11.5. The number of anilines is 1. The van der Waals surface area contributed by atoms with E-state index in [1.165, 1.54) is 0 Å². The molecule has 0 saturated heterocycles. The number of carbonyl (C=O) groups is 1. The van der Waals surface area contributed by atoms with Crippen molar-refractivity contribution >= 4 is 27.5 Å². The lowest BCUT2D eigenvalue weighted by atomic mass is 10.3. The van der Waals surface area contributed by atoms with Crippen molar-refractivity contribution in [3.8, 4) is 12.3 Å². The molecule has 0 radical (unpaired) electrons. The number of terminal acetylenes is 1. The normalized spacial score (nSPS) is 11.6. The van der Waals surface area contributed by atoms with Gasteiger partial charge in [0.25, 0.3) is 0 Å².